The van der Waals surface area contributed by atoms with Gasteiger partial charge in [0.05, 0.1) is 26.0 Å². The average molecular weight is 432 g/mol. The van der Waals surface area contributed by atoms with Gasteiger partial charge in [0.25, 0.3) is 0 Å². The number of nitrogens with zero attached hydrogens (tertiary/aromatic N) is 4. The van der Waals surface area contributed by atoms with Crippen molar-refractivity contribution in [3.8, 4) is 11.9 Å². The first kappa shape index (κ1) is 23.6. The predicted octanol–water partition coefficient (Wildman–Crippen LogP) is 2.31. The van der Waals surface area contributed by atoms with Gasteiger partial charge >= 0.3 is 12.1 Å². The second-order valence-electron chi connectivity index (χ2n) is 9.97. The fourth-order valence-corrected chi connectivity index (χ4v) is 3.91. The minimum atomic E-state index is -0.530. The summed E-state index contributed by atoms with van der Waals surface area (Å²) in [5, 5.41) is 0. The lowest BCUT2D eigenvalue weighted by atomic mass is 10.0. The molecular weight excluding hydrogens is 395 g/mol. The van der Waals surface area contributed by atoms with E-state index in [2.05, 4.69) is 29.8 Å². The van der Waals surface area contributed by atoms with Crippen molar-refractivity contribution in [3.63, 3.8) is 0 Å². The smallest absolute Gasteiger partial charge is 0.410 e. The van der Waals surface area contributed by atoms with Gasteiger partial charge < -0.3 is 24.0 Å². The Morgan fingerprint density at radius 2 is 2.03 bits per heavy atom. The maximum absolute atomic E-state index is 12.5. The predicted molar refractivity (Wildman–Crippen MR) is 122 cm³/mol. The van der Waals surface area contributed by atoms with Crippen LogP contribution in [0.5, 0.6) is 11.9 Å². The van der Waals surface area contributed by atoms with E-state index >= 15 is 0 Å². The fraction of sp³-hybridized carbons (Fsp3) is 0.773. The Balaban J connectivity index is 1.66. The Morgan fingerprint density at radius 1 is 1.29 bits per heavy atom. The molecule has 1 amide bonds. The summed E-state index contributed by atoms with van der Waals surface area (Å²) in [4.78, 5) is 25.7. The first-order valence-corrected chi connectivity index (χ1v) is 11.4. The molecular formula is C22H37BN4O4. The molecule has 2 aliphatic rings. The number of carbonyl (C=O) groups excluding carboxylic acids is 1. The molecule has 0 unspecified atom stereocenters. The zero-order valence-electron chi connectivity index (χ0n) is 20.0. The highest BCUT2D eigenvalue weighted by Crippen LogP contribution is 2.46. The van der Waals surface area contributed by atoms with E-state index in [9.17, 15) is 4.79 Å². The molecule has 31 heavy (non-hydrogen) atoms. The van der Waals surface area contributed by atoms with Gasteiger partial charge in [0.1, 0.15) is 13.4 Å². The largest absolute Gasteiger partial charge is 0.481 e. The molecule has 0 saturated heterocycles. The molecule has 1 aliphatic carbocycles. The monoisotopic (exact) mass is 432 g/mol. The van der Waals surface area contributed by atoms with Crippen LogP contribution in [-0.2, 0) is 17.7 Å². The third kappa shape index (κ3) is 6.48. The highest BCUT2D eigenvalue weighted by molar-refractivity contribution is 6.08. The Kier molecular flexibility index (Phi) is 7.34. The molecule has 0 bridgehead atoms. The van der Waals surface area contributed by atoms with E-state index in [1.807, 2.05) is 20.8 Å². The van der Waals surface area contributed by atoms with E-state index in [-0.39, 0.29) is 11.5 Å². The Morgan fingerprint density at radius 3 is 2.65 bits per heavy atom. The molecule has 0 radical (unpaired) electrons. The van der Waals surface area contributed by atoms with E-state index in [4.69, 9.17) is 14.2 Å². The number of amides is 1. The van der Waals surface area contributed by atoms with Gasteiger partial charge in [-0.2, -0.15) is 9.97 Å². The van der Waals surface area contributed by atoms with Crippen LogP contribution in [0.3, 0.4) is 0 Å². The van der Waals surface area contributed by atoms with Gasteiger partial charge in [0.15, 0.2) is 0 Å². The number of aromatic nitrogens is 2. The van der Waals surface area contributed by atoms with Crippen molar-refractivity contribution in [2.45, 2.75) is 64.9 Å². The molecule has 172 valence electrons. The number of fused-ring (bicyclic) bond motifs is 1. The average Bonchev–Trinajstić information content (AvgIpc) is 3.47. The molecule has 2 heterocycles. The number of methoxy groups -OCH3 is 1. The van der Waals surface area contributed by atoms with E-state index in [1.54, 1.807) is 12.0 Å². The molecule has 3 rings (SSSR count). The highest BCUT2D eigenvalue weighted by Gasteiger charge is 2.44. The number of rotatable bonds is 9. The molecule has 0 N–H and O–H groups in total. The first-order chi connectivity index (χ1) is 14.6. The van der Waals surface area contributed by atoms with Gasteiger partial charge in [-0.15, -0.1) is 0 Å². The van der Waals surface area contributed by atoms with Crippen molar-refractivity contribution in [1.29, 1.82) is 0 Å². The minimum Gasteiger partial charge on any atom is -0.481 e. The second-order valence-corrected chi connectivity index (χ2v) is 9.97. The zero-order valence-corrected chi connectivity index (χ0v) is 20.0. The van der Waals surface area contributed by atoms with E-state index in [0.717, 1.165) is 37.2 Å². The zero-order chi connectivity index (χ0) is 22.6. The molecule has 1 aromatic heterocycles. The molecule has 0 spiro atoms. The molecule has 1 aromatic rings. The SMILES string of the molecule is BCCCN(C)CC1(COc2nc3c(c(OC)n2)CCN(C(=O)OC(C)(C)C)C3)CC1. The Bertz CT molecular complexity index is 780. The molecule has 0 atom stereocenters. The van der Waals surface area contributed by atoms with E-state index in [0.29, 0.717) is 38.0 Å². The van der Waals surface area contributed by atoms with Gasteiger partial charge in [0.2, 0.25) is 5.88 Å². The molecule has 8 nitrogen and oxygen atoms in total. The summed E-state index contributed by atoms with van der Waals surface area (Å²) in [7, 11) is 6.01. The number of hydrogen-bond donors (Lipinski definition) is 0. The molecule has 9 heteroatoms. The summed E-state index contributed by atoms with van der Waals surface area (Å²) >= 11 is 0. The van der Waals surface area contributed by atoms with Crippen LogP contribution in [0.15, 0.2) is 0 Å². The molecule has 1 fully saturated rings. The van der Waals surface area contributed by atoms with Crippen LogP contribution in [-0.4, -0.2) is 79.7 Å². The maximum atomic E-state index is 12.5. The Labute approximate surface area is 187 Å². The van der Waals surface area contributed by atoms with Crippen LogP contribution >= 0.6 is 0 Å². The second kappa shape index (κ2) is 9.63. The van der Waals surface area contributed by atoms with Crippen molar-refractivity contribution in [2.75, 3.05) is 40.4 Å². The fourth-order valence-electron chi connectivity index (χ4n) is 3.91. The van der Waals surface area contributed by atoms with Crippen molar-refractivity contribution in [2.24, 2.45) is 5.41 Å². The summed E-state index contributed by atoms with van der Waals surface area (Å²) in [5.41, 5.74) is 1.37. The highest BCUT2D eigenvalue weighted by atomic mass is 16.6. The minimum absolute atomic E-state index is 0.192. The van der Waals surface area contributed by atoms with E-state index in [1.165, 1.54) is 12.7 Å². The van der Waals surface area contributed by atoms with Crippen LogP contribution in [0.2, 0.25) is 6.32 Å². The lowest BCUT2D eigenvalue weighted by Crippen LogP contribution is -2.40. The van der Waals surface area contributed by atoms with Crippen LogP contribution in [0.1, 0.15) is 51.3 Å². The summed E-state index contributed by atoms with van der Waals surface area (Å²) in [6, 6.07) is 0.323. The van der Waals surface area contributed by atoms with Gasteiger partial charge in [-0.3, -0.25) is 0 Å². The van der Waals surface area contributed by atoms with Gasteiger partial charge in [-0.05, 0) is 60.0 Å². The quantitative estimate of drug-likeness (QED) is 0.555. The first-order valence-electron chi connectivity index (χ1n) is 11.4. The van der Waals surface area contributed by atoms with Crippen molar-refractivity contribution in [3.05, 3.63) is 11.3 Å². The third-order valence-electron chi connectivity index (χ3n) is 5.81. The molecule has 0 aromatic carbocycles. The van der Waals surface area contributed by atoms with Crippen LogP contribution in [0.25, 0.3) is 0 Å². The van der Waals surface area contributed by atoms with Gasteiger partial charge in [-0.25, -0.2) is 4.79 Å². The number of ether oxygens (including phenoxy) is 3. The number of hydrogen-bond acceptors (Lipinski definition) is 7. The van der Waals surface area contributed by atoms with Crippen LogP contribution in [0, 0.1) is 5.41 Å². The lowest BCUT2D eigenvalue weighted by Gasteiger charge is -2.31. The summed E-state index contributed by atoms with van der Waals surface area (Å²) in [5.74, 6) is 0.536. The topological polar surface area (TPSA) is 77.0 Å². The van der Waals surface area contributed by atoms with Crippen molar-refractivity contribution >= 4 is 13.9 Å². The summed E-state index contributed by atoms with van der Waals surface area (Å²) in [6.07, 6.45) is 5.05. The lowest BCUT2D eigenvalue weighted by molar-refractivity contribution is 0.0218. The van der Waals surface area contributed by atoms with E-state index < -0.39 is 5.60 Å². The summed E-state index contributed by atoms with van der Waals surface area (Å²) < 4.78 is 17.1. The molecule has 1 saturated carbocycles. The maximum Gasteiger partial charge on any atom is 0.410 e. The van der Waals surface area contributed by atoms with Gasteiger partial charge in [0, 0.05) is 24.1 Å². The van der Waals surface area contributed by atoms with Crippen molar-refractivity contribution < 1.29 is 19.0 Å². The third-order valence-corrected chi connectivity index (χ3v) is 5.81. The van der Waals surface area contributed by atoms with Gasteiger partial charge in [-0.1, -0.05) is 6.32 Å². The normalized spacial score (nSPS) is 17.3. The van der Waals surface area contributed by atoms with Crippen LogP contribution < -0.4 is 9.47 Å². The van der Waals surface area contributed by atoms with Crippen LogP contribution in [0.4, 0.5) is 4.79 Å². The van der Waals surface area contributed by atoms with Crippen molar-refractivity contribution in [1.82, 2.24) is 19.8 Å². The number of carbonyl (C=O) groups is 1. The standard InChI is InChI=1S/C22H37BN4O4/c1-21(2,3)31-20(28)27-12-7-16-17(13-27)24-19(25-18(16)29-5)30-15-22(8-9-22)14-26(4)11-6-10-23/h6-15,23H2,1-5H3. The summed E-state index contributed by atoms with van der Waals surface area (Å²) in [6.45, 7) is 9.26. The molecule has 1 aliphatic heterocycles. The Hall–Kier alpha value is -2.03.